The molecule has 3 aliphatic rings. The van der Waals surface area contributed by atoms with Gasteiger partial charge in [-0.1, -0.05) is 48.0 Å². The second-order valence-corrected chi connectivity index (χ2v) is 12.7. The Morgan fingerprint density at radius 1 is 0.933 bits per heavy atom. The minimum absolute atomic E-state index is 0.0962. The molecule has 0 aromatic rings. The SMILES string of the molecule is CCCC1(C)C(CC(F)(F)F)CCC2C3CCC(CC(O)C(C)(C)C)C3(C)CCC21. The van der Waals surface area contributed by atoms with Crippen molar-refractivity contribution in [3.63, 3.8) is 0 Å². The van der Waals surface area contributed by atoms with E-state index in [2.05, 4.69) is 41.5 Å². The van der Waals surface area contributed by atoms with Gasteiger partial charge in [0.15, 0.2) is 0 Å². The first-order valence-corrected chi connectivity index (χ1v) is 12.5. The van der Waals surface area contributed by atoms with Crippen molar-refractivity contribution in [2.24, 2.45) is 45.8 Å². The summed E-state index contributed by atoms with van der Waals surface area (Å²) in [5.74, 6) is 1.95. The van der Waals surface area contributed by atoms with Crippen LogP contribution in [-0.2, 0) is 0 Å². The maximum atomic E-state index is 13.4. The molecule has 0 radical (unpaired) electrons. The van der Waals surface area contributed by atoms with Gasteiger partial charge in [-0.05, 0) is 97.2 Å². The van der Waals surface area contributed by atoms with Gasteiger partial charge in [-0.25, -0.2) is 0 Å². The van der Waals surface area contributed by atoms with Crippen LogP contribution in [0.15, 0.2) is 0 Å². The number of alkyl halides is 3. The highest BCUT2D eigenvalue weighted by atomic mass is 19.4. The van der Waals surface area contributed by atoms with E-state index in [1.165, 1.54) is 12.8 Å². The molecule has 0 saturated heterocycles. The summed E-state index contributed by atoms with van der Waals surface area (Å²) >= 11 is 0. The van der Waals surface area contributed by atoms with Gasteiger partial charge in [0.1, 0.15) is 0 Å². The van der Waals surface area contributed by atoms with Crippen molar-refractivity contribution in [1.29, 1.82) is 0 Å². The van der Waals surface area contributed by atoms with Crippen molar-refractivity contribution in [3.8, 4) is 0 Å². The van der Waals surface area contributed by atoms with Crippen LogP contribution in [0.2, 0.25) is 0 Å². The highest BCUT2D eigenvalue weighted by molar-refractivity contribution is 5.08. The second kappa shape index (κ2) is 8.27. The van der Waals surface area contributed by atoms with Crippen molar-refractivity contribution in [2.75, 3.05) is 0 Å². The Morgan fingerprint density at radius 3 is 2.13 bits per heavy atom. The van der Waals surface area contributed by atoms with E-state index in [1.807, 2.05) is 0 Å². The first-order valence-electron chi connectivity index (χ1n) is 12.5. The molecule has 0 aromatic carbocycles. The third-order valence-corrected chi connectivity index (χ3v) is 10.0. The van der Waals surface area contributed by atoms with Crippen LogP contribution in [0.5, 0.6) is 0 Å². The molecule has 3 saturated carbocycles. The maximum Gasteiger partial charge on any atom is 0.389 e. The maximum absolute atomic E-state index is 13.4. The number of aliphatic hydroxyl groups is 1. The van der Waals surface area contributed by atoms with Gasteiger partial charge in [0.25, 0.3) is 0 Å². The van der Waals surface area contributed by atoms with Crippen LogP contribution in [0.4, 0.5) is 13.2 Å². The zero-order chi connectivity index (χ0) is 22.5. The molecular weight excluding hydrogens is 385 g/mol. The van der Waals surface area contributed by atoms with Gasteiger partial charge in [-0.3, -0.25) is 0 Å². The molecule has 176 valence electrons. The minimum Gasteiger partial charge on any atom is -0.393 e. The molecule has 1 N–H and O–H groups in total. The Bertz CT molecular complexity index is 594. The fourth-order valence-corrected chi connectivity index (χ4v) is 8.20. The molecule has 4 heteroatoms. The van der Waals surface area contributed by atoms with Crippen LogP contribution in [0, 0.1) is 45.8 Å². The molecule has 0 heterocycles. The number of rotatable bonds is 5. The average molecular weight is 431 g/mol. The minimum atomic E-state index is -4.06. The Hall–Kier alpha value is -0.250. The smallest absolute Gasteiger partial charge is 0.389 e. The normalized spacial score (nSPS) is 43.2. The highest BCUT2D eigenvalue weighted by Crippen LogP contribution is 2.67. The van der Waals surface area contributed by atoms with E-state index >= 15 is 0 Å². The van der Waals surface area contributed by atoms with Gasteiger partial charge in [0.05, 0.1) is 6.10 Å². The first-order chi connectivity index (χ1) is 13.7. The molecular formula is C26H45F3O. The van der Waals surface area contributed by atoms with Crippen molar-refractivity contribution < 1.29 is 18.3 Å². The predicted octanol–water partition coefficient (Wildman–Crippen LogP) is 8.01. The summed E-state index contributed by atoms with van der Waals surface area (Å²) in [6.07, 6.45) is 4.09. The standard InChI is InChI=1S/C26H45F3O/c1-7-13-24(5)18(16-26(27,28)29)8-10-19-20-11-9-17(15-22(30)23(2,3)4)25(20,6)14-12-21(19)24/h17-22,30H,7-16H2,1-6H3. The van der Waals surface area contributed by atoms with Crippen LogP contribution in [0.25, 0.3) is 0 Å². The number of fused-ring (bicyclic) bond motifs is 3. The summed E-state index contributed by atoms with van der Waals surface area (Å²) in [6.45, 7) is 13.1. The molecule has 3 rings (SSSR count). The summed E-state index contributed by atoms with van der Waals surface area (Å²) in [5, 5.41) is 10.8. The molecule has 8 unspecified atom stereocenters. The summed E-state index contributed by atoms with van der Waals surface area (Å²) in [4.78, 5) is 0. The van der Waals surface area contributed by atoms with Gasteiger partial charge >= 0.3 is 6.18 Å². The lowest BCUT2D eigenvalue weighted by Gasteiger charge is -2.59. The fraction of sp³-hybridized carbons (Fsp3) is 1.00. The molecule has 8 atom stereocenters. The van der Waals surface area contributed by atoms with Crippen LogP contribution in [-0.4, -0.2) is 17.4 Å². The number of aliphatic hydroxyl groups excluding tert-OH is 1. The summed E-state index contributed by atoms with van der Waals surface area (Å²) in [5.41, 5.74) is -0.0318. The Labute approximate surface area is 182 Å². The molecule has 3 aliphatic carbocycles. The lowest BCUT2D eigenvalue weighted by molar-refractivity contribution is -0.177. The Kier molecular flexibility index (Phi) is 6.72. The molecule has 30 heavy (non-hydrogen) atoms. The Balaban J connectivity index is 1.81. The molecule has 0 aromatic heterocycles. The molecule has 0 aliphatic heterocycles. The van der Waals surface area contributed by atoms with Gasteiger partial charge in [-0.2, -0.15) is 13.2 Å². The molecule has 0 spiro atoms. The zero-order valence-electron chi connectivity index (χ0n) is 20.1. The van der Waals surface area contributed by atoms with E-state index in [-0.39, 0.29) is 28.3 Å². The average Bonchev–Trinajstić information content (AvgIpc) is 2.92. The van der Waals surface area contributed by atoms with Gasteiger partial charge in [-0.15, -0.1) is 0 Å². The van der Waals surface area contributed by atoms with E-state index in [0.717, 1.165) is 44.9 Å². The van der Waals surface area contributed by atoms with Gasteiger partial charge < -0.3 is 5.11 Å². The fourth-order valence-electron chi connectivity index (χ4n) is 8.20. The summed E-state index contributed by atoms with van der Waals surface area (Å²) < 4.78 is 40.1. The summed E-state index contributed by atoms with van der Waals surface area (Å²) in [7, 11) is 0. The monoisotopic (exact) mass is 430 g/mol. The molecule has 1 nitrogen and oxygen atoms in total. The largest absolute Gasteiger partial charge is 0.393 e. The Morgan fingerprint density at radius 2 is 1.57 bits per heavy atom. The van der Waals surface area contributed by atoms with E-state index in [1.54, 1.807) is 0 Å². The van der Waals surface area contributed by atoms with Crippen LogP contribution in [0.3, 0.4) is 0 Å². The van der Waals surface area contributed by atoms with Gasteiger partial charge in [0.2, 0.25) is 0 Å². The number of halogens is 3. The van der Waals surface area contributed by atoms with Crippen LogP contribution in [0.1, 0.15) is 106 Å². The topological polar surface area (TPSA) is 20.2 Å². The molecule has 3 fully saturated rings. The van der Waals surface area contributed by atoms with E-state index in [4.69, 9.17) is 0 Å². The van der Waals surface area contributed by atoms with E-state index in [9.17, 15) is 18.3 Å². The summed E-state index contributed by atoms with van der Waals surface area (Å²) in [6, 6.07) is 0. The highest BCUT2D eigenvalue weighted by Gasteiger charge is 2.60. The molecule has 0 bridgehead atoms. The number of hydrogen-bond donors (Lipinski definition) is 1. The van der Waals surface area contributed by atoms with Crippen molar-refractivity contribution in [3.05, 3.63) is 0 Å². The van der Waals surface area contributed by atoms with Crippen molar-refractivity contribution in [1.82, 2.24) is 0 Å². The van der Waals surface area contributed by atoms with Gasteiger partial charge in [0, 0.05) is 6.42 Å². The predicted molar refractivity (Wildman–Crippen MR) is 117 cm³/mol. The first kappa shape index (κ1) is 24.4. The third-order valence-electron chi connectivity index (χ3n) is 10.0. The second-order valence-electron chi connectivity index (χ2n) is 12.7. The quantitative estimate of drug-likeness (QED) is 0.468. The third kappa shape index (κ3) is 4.46. The van der Waals surface area contributed by atoms with Crippen LogP contribution < -0.4 is 0 Å². The van der Waals surface area contributed by atoms with Crippen LogP contribution >= 0.6 is 0 Å². The number of hydrogen-bond acceptors (Lipinski definition) is 1. The van der Waals surface area contributed by atoms with E-state index < -0.39 is 12.6 Å². The van der Waals surface area contributed by atoms with Crippen molar-refractivity contribution >= 4 is 0 Å². The molecule has 0 amide bonds. The van der Waals surface area contributed by atoms with E-state index in [0.29, 0.717) is 23.7 Å². The van der Waals surface area contributed by atoms with Crippen molar-refractivity contribution in [2.45, 2.75) is 118 Å². The zero-order valence-corrected chi connectivity index (χ0v) is 20.1. The lowest BCUT2D eigenvalue weighted by atomic mass is 9.46. The lowest BCUT2D eigenvalue weighted by Crippen LogP contribution is -2.52.